The number of fused-ring (bicyclic) bond motifs is 1. The van der Waals surface area contributed by atoms with Crippen LogP contribution >= 0.6 is 36.6 Å². The summed E-state index contributed by atoms with van der Waals surface area (Å²) < 4.78 is 0. The summed E-state index contributed by atoms with van der Waals surface area (Å²) >= 11 is 1.49. The molecule has 0 aliphatic carbocycles. The Hall–Kier alpha value is -1.54. The number of hydrogen-bond acceptors (Lipinski definition) is 5. The Bertz CT molecular complexity index is 724. The van der Waals surface area contributed by atoms with Crippen LogP contribution in [0.1, 0.15) is 11.3 Å². The first-order chi connectivity index (χ1) is 10.5. The number of thioether (sulfide) groups is 1. The SMILES string of the molecule is Cc1ncccc1/C=C\C1=C(C(=O)O)N2C(=O)[C@@H](N)[C@H]2SC1.Cl.Cl. The van der Waals surface area contributed by atoms with Gasteiger partial charge in [-0.15, -0.1) is 36.6 Å². The third-order valence-electron chi connectivity index (χ3n) is 3.75. The second-order valence-electron chi connectivity index (χ2n) is 5.13. The van der Waals surface area contributed by atoms with Gasteiger partial charge in [-0.1, -0.05) is 18.2 Å². The summed E-state index contributed by atoms with van der Waals surface area (Å²) in [6.45, 7) is 1.88. The number of nitrogens with zero attached hydrogens (tertiary/aromatic N) is 2. The first kappa shape index (κ1) is 20.5. The van der Waals surface area contributed by atoms with Crippen LogP contribution in [-0.2, 0) is 9.59 Å². The normalized spacial score (nSPS) is 22.4. The third kappa shape index (κ3) is 3.44. The standard InChI is InChI=1S/C15H15N3O3S.2ClH/c1-8-9(3-2-6-17-8)4-5-10-7-22-14-11(16)13(19)18(14)12(10)15(20)21;;/h2-6,11,14H,7,16H2,1H3,(H,20,21);2*1H/b5-4-;;/t11-,14-;;/m1../s1. The molecule has 0 spiro atoms. The van der Waals surface area contributed by atoms with Crippen molar-refractivity contribution < 1.29 is 14.7 Å². The minimum Gasteiger partial charge on any atom is -0.477 e. The maximum Gasteiger partial charge on any atom is 0.352 e. The van der Waals surface area contributed by atoms with Gasteiger partial charge in [0.25, 0.3) is 0 Å². The number of amides is 1. The molecule has 2 aliphatic heterocycles. The molecule has 0 bridgehead atoms. The first-order valence-corrected chi connectivity index (χ1v) is 7.82. The van der Waals surface area contributed by atoms with E-state index in [0.29, 0.717) is 11.3 Å². The zero-order valence-corrected chi connectivity index (χ0v) is 15.2. The molecular weight excluding hydrogens is 373 g/mol. The van der Waals surface area contributed by atoms with Crippen molar-refractivity contribution in [2.45, 2.75) is 18.3 Å². The molecule has 0 radical (unpaired) electrons. The zero-order chi connectivity index (χ0) is 15.9. The Morgan fingerprint density at radius 3 is 2.79 bits per heavy atom. The number of carboxylic acids is 1. The Morgan fingerprint density at radius 2 is 2.17 bits per heavy atom. The number of aryl methyl sites for hydroxylation is 1. The molecule has 3 N–H and O–H groups in total. The number of halogens is 2. The van der Waals surface area contributed by atoms with Gasteiger partial charge in [0, 0.05) is 17.6 Å². The summed E-state index contributed by atoms with van der Waals surface area (Å²) in [6, 6.07) is 3.12. The molecule has 0 saturated carbocycles. The van der Waals surface area contributed by atoms with Crippen molar-refractivity contribution in [1.82, 2.24) is 9.88 Å². The Labute approximate surface area is 156 Å². The predicted octanol–water partition coefficient (Wildman–Crippen LogP) is 1.83. The maximum atomic E-state index is 11.8. The molecule has 130 valence electrons. The fourth-order valence-corrected chi connectivity index (χ4v) is 3.80. The second kappa shape index (κ2) is 8.02. The topological polar surface area (TPSA) is 96.5 Å². The molecule has 1 aromatic heterocycles. The van der Waals surface area contributed by atoms with Gasteiger partial charge in [0.15, 0.2) is 0 Å². The Kier molecular flexibility index (Phi) is 6.86. The van der Waals surface area contributed by atoms with E-state index >= 15 is 0 Å². The number of carboxylic acid groups (broad SMARTS) is 1. The summed E-state index contributed by atoms with van der Waals surface area (Å²) in [6.07, 6.45) is 5.27. The summed E-state index contributed by atoms with van der Waals surface area (Å²) in [7, 11) is 0. The fraction of sp³-hybridized carbons (Fsp3) is 0.267. The lowest BCUT2D eigenvalue weighted by molar-refractivity contribution is -0.147. The van der Waals surface area contributed by atoms with E-state index in [9.17, 15) is 14.7 Å². The van der Waals surface area contributed by atoms with E-state index in [1.807, 2.05) is 25.1 Å². The van der Waals surface area contributed by atoms with Gasteiger partial charge in [-0.05, 0) is 24.1 Å². The fourth-order valence-electron chi connectivity index (χ4n) is 2.53. The average molecular weight is 390 g/mol. The van der Waals surface area contributed by atoms with E-state index in [1.54, 1.807) is 12.3 Å². The number of aromatic nitrogens is 1. The van der Waals surface area contributed by atoms with Crippen LogP contribution < -0.4 is 5.73 Å². The van der Waals surface area contributed by atoms with Crippen LogP contribution in [0.2, 0.25) is 0 Å². The van der Waals surface area contributed by atoms with Crippen molar-refractivity contribution in [1.29, 1.82) is 0 Å². The highest BCUT2D eigenvalue weighted by Gasteiger charge is 2.51. The van der Waals surface area contributed by atoms with Gasteiger partial charge in [-0.25, -0.2) is 4.79 Å². The molecule has 2 atom stereocenters. The number of rotatable bonds is 3. The van der Waals surface area contributed by atoms with Crippen LogP contribution in [0.4, 0.5) is 0 Å². The lowest BCUT2D eigenvalue weighted by Gasteiger charge is -2.47. The van der Waals surface area contributed by atoms with E-state index in [1.165, 1.54) is 16.7 Å². The van der Waals surface area contributed by atoms with E-state index < -0.39 is 12.0 Å². The summed E-state index contributed by atoms with van der Waals surface area (Å²) in [5, 5.41) is 9.17. The lowest BCUT2D eigenvalue weighted by Crippen LogP contribution is -2.68. The van der Waals surface area contributed by atoms with E-state index in [4.69, 9.17) is 5.73 Å². The molecular formula is C15H17Cl2N3O3S. The van der Waals surface area contributed by atoms with Crippen molar-refractivity contribution >= 4 is 54.5 Å². The number of aliphatic carboxylic acids is 1. The third-order valence-corrected chi connectivity index (χ3v) is 5.08. The molecule has 0 aromatic carbocycles. The van der Waals surface area contributed by atoms with Gasteiger partial charge in [0.2, 0.25) is 5.91 Å². The quantitative estimate of drug-likeness (QED) is 0.765. The van der Waals surface area contributed by atoms with Crippen LogP contribution in [0.5, 0.6) is 0 Å². The highest BCUT2D eigenvalue weighted by Crippen LogP contribution is 2.39. The number of carbonyl (C=O) groups excluding carboxylic acids is 1. The van der Waals surface area contributed by atoms with Crippen LogP contribution in [-0.4, -0.2) is 44.0 Å². The van der Waals surface area contributed by atoms with Crippen molar-refractivity contribution in [2.24, 2.45) is 5.73 Å². The Balaban J connectivity index is 0.00000144. The van der Waals surface area contributed by atoms with Crippen molar-refractivity contribution in [3.05, 3.63) is 46.9 Å². The van der Waals surface area contributed by atoms with Crippen LogP contribution in [0, 0.1) is 6.92 Å². The summed E-state index contributed by atoms with van der Waals surface area (Å²) in [5.41, 5.74) is 8.14. The van der Waals surface area contributed by atoms with Crippen molar-refractivity contribution in [3.63, 3.8) is 0 Å². The zero-order valence-electron chi connectivity index (χ0n) is 12.7. The first-order valence-electron chi connectivity index (χ1n) is 6.77. The monoisotopic (exact) mass is 389 g/mol. The van der Waals surface area contributed by atoms with Crippen molar-refractivity contribution in [3.8, 4) is 0 Å². The molecule has 6 nitrogen and oxygen atoms in total. The molecule has 9 heteroatoms. The number of allylic oxidation sites excluding steroid dienone is 1. The summed E-state index contributed by atoms with van der Waals surface area (Å²) in [4.78, 5) is 28.9. The predicted molar refractivity (Wildman–Crippen MR) is 98.2 cm³/mol. The number of β-lactam (4-membered cyclic amide) rings is 1. The van der Waals surface area contributed by atoms with E-state index in [-0.39, 0.29) is 41.8 Å². The van der Waals surface area contributed by atoms with Gasteiger partial charge < -0.3 is 10.8 Å². The Morgan fingerprint density at radius 1 is 1.46 bits per heavy atom. The minimum absolute atomic E-state index is 0. The lowest BCUT2D eigenvalue weighted by atomic mass is 10.0. The number of nitrogens with two attached hydrogens (primary N) is 1. The average Bonchev–Trinajstić information content (AvgIpc) is 2.52. The van der Waals surface area contributed by atoms with E-state index in [2.05, 4.69) is 4.98 Å². The van der Waals surface area contributed by atoms with E-state index in [0.717, 1.165) is 11.3 Å². The molecule has 24 heavy (non-hydrogen) atoms. The van der Waals surface area contributed by atoms with Gasteiger partial charge in [0.1, 0.15) is 17.1 Å². The van der Waals surface area contributed by atoms with Gasteiger partial charge in [-0.2, -0.15) is 0 Å². The molecule has 2 aliphatic rings. The van der Waals surface area contributed by atoms with Crippen LogP contribution in [0.15, 0.2) is 35.7 Å². The highest BCUT2D eigenvalue weighted by atomic mass is 35.5. The molecule has 3 rings (SSSR count). The van der Waals surface area contributed by atoms with Gasteiger partial charge in [-0.3, -0.25) is 14.7 Å². The highest BCUT2D eigenvalue weighted by molar-refractivity contribution is 8.00. The largest absolute Gasteiger partial charge is 0.477 e. The number of hydrogen-bond donors (Lipinski definition) is 2. The second-order valence-corrected chi connectivity index (χ2v) is 6.23. The number of pyridine rings is 1. The summed E-state index contributed by atoms with van der Waals surface area (Å²) in [5.74, 6) is -0.925. The van der Waals surface area contributed by atoms with Gasteiger partial charge in [0.05, 0.1) is 0 Å². The molecule has 1 aromatic rings. The van der Waals surface area contributed by atoms with Crippen molar-refractivity contribution in [2.75, 3.05) is 5.75 Å². The van der Waals surface area contributed by atoms with Gasteiger partial charge >= 0.3 is 5.97 Å². The molecule has 1 amide bonds. The van der Waals surface area contributed by atoms with Crippen LogP contribution in [0.3, 0.4) is 0 Å². The number of carbonyl (C=O) groups is 2. The molecule has 1 fully saturated rings. The van der Waals surface area contributed by atoms with Crippen LogP contribution in [0.25, 0.3) is 6.08 Å². The molecule has 0 unspecified atom stereocenters. The maximum absolute atomic E-state index is 11.8. The smallest absolute Gasteiger partial charge is 0.352 e. The molecule has 1 saturated heterocycles. The molecule has 3 heterocycles. The minimum atomic E-state index is -1.10.